The van der Waals surface area contributed by atoms with Crippen LogP contribution in [0.1, 0.15) is 11.1 Å². The van der Waals surface area contributed by atoms with Crippen LogP contribution in [-0.4, -0.2) is 13.6 Å². The summed E-state index contributed by atoms with van der Waals surface area (Å²) < 4.78 is 21.3. The third-order valence-corrected chi connectivity index (χ3v) is 3.58. The maximum Gasteiger partial charge on any atom is 0.231 e. The molecule has 2 heterocycles. The predicted molar refractivity (Wildman–Crippen MR) is 78.8 cm³/mol. The average molecular weight is 300 g/mol. The van der Waals surface area contributed by atoms with Crippen LogP contribution in [0.25, 0.3) is 0 Å². The topological polar surface area (TPSA) is 61.0 Å². The van der Waals surface area contributed by atoms with Crippen molar-refractivity contribution in [3.05, 3.63) is 47.5 Å². The summed E-state index contributed by atoms with van der Waals surface area (Å²) in [4.78, 5) is 0. The fourth-order valence-corrected chi connectivity index (χ4v) is 2.43. The second-order valence-electron chi connectivity index (χ2n) is 5.08. The van der Waals surface area contributed by atoms with E-state index in [-0.39, 0.29) is 0 Å². The molecule has 0 aliphatic carbocycles. The molecular formula is C16H16N2O4. The van der Waals surface area contributed by atoms with Gasteiger partial charge in [0.2, 0.25) is 13.6 Å². The quantitative estimate of drug-likeness (QED) is 0.650. The minimum atomic E-state index is 0.300. The third-order valence-electron chi connectivity index (χ3n) is 3.58. The molecule has 0 bridgehead atoms. The van der Waals surface area contributed by atoms with Crippen molar-refractivity contribution in [3.63, 3.8) is 0 Å². The van der Waals surface area contributed by atoms with Gasteiger partial charge in [-0.15, -0.1) is 0 Å². The van der Waals surface area contributed by atoms with Crippen molar-refractivity contribution in [1.82, 2.24) is 10.9 Å². The Morgan fingerprint density at radius 2 is 1.09 bits per heavy atom. The highest BCUT2D eigenvalue weighted by atomic mass is 16.7. The molecule has 2 aliphatic heterocycles. The Bertz CT molecular complexity index is 630. The van der Waals surface area contributed by atoms with E-state index in [1.54, 1.807) is 0 Å². The Hall–Kier alpha value is -2.44. The van der Waals surface area contributed by atoms with E-state index in [1.807, 2.05) is 36.4 Å². The standard InChI is InChI=1S/C16H16N2O4/c1-3-13-15(21-9-19-13)5-11(1)7-17-18-8-12-2-4-14-16(6-12)22-10-20-14/h1-6,17-18H,7-10H2. The second kappa shape index (κ2) is 5.75. The number of nitrogens with one attached hydrogen (secondary N) is 2. The number of benzene rings is 2. The van der Waals surface area contributed by atoms with Gasteiger partial charge in [-0.1, -0.05) is 12.1 Å². The lowest BCUT2D eigenvalue weighted by Gasteiger charge is -2.08. The summed E-state index contributed by atoms with van der Waals surface area (Å²) in [5.74, 6) is 3.21. The average Bonchev–Trinajstić information content (AvgIpc) is 3.19. The molecular weight excluding hydrogens is 284 g/mol. The first-order chi connectivity index (χ1) is 10.9. The summed E-state index contributed by atoms with van der Waals surface area (Å²) in [6.07, 6.45) is 0. The van der Waals surface area contributed by atoms with E-state index in [0.29, 0.717) is 26.7 Å². The molecule has 0 saturated carbocycles. The van der Waals surface area contributed by atoms with Crippen LogP contribution in [0, 0.1) is 0 Å². The van der Waals surface area contributed by atoms with Gasteiger partial charge in [0.1, 0.15) is 0 Å². The largest absolute Gasteiger partial charge is 0.454 e. The van der Waals surface area contributed by atoms with E-state index in [9.17, 15) is 0 Å². The Balaban J connectivity index is 1.29. The minimum absolute atomic E-state index is 0.300. The molecule has 0 amide bonds. The normalized spacial score (nSPS) is 14.4. The molecule has 6 nitrogen and oxygen atoms in total. The van der Waals surface area contributed by atoms with Crippen LogP contribution >= 0.6 is 0 Å². The molecule has 0 saturated heterocycles. The van der Waals surface area contributed by atoms with Crippen LogP contribution in [0.4, 0.5) is 0 Å². The van der Waals surface area contributed by atoms with Crippen molar-refractivity contribution >= 4 is 0 Å². The molecule has 2 aromatic rings. The molecule has 114 valence electrons. The van der Waals surface area contributed by atoms with E-state index in [0.717, 1.165) is 34.1 Å². The van der Waals surface area contributed by atoms with E-state index >= 15 is 0 Å². The molecule has 0 spiro atoms. The molecule has 0 unspecified atom stereocenters. The highest BCUT2D eigenvalue weighted by molar-refractivity contribution is 5.45. The fourth-order valence-electron chi connectivity index (χ4n) is 2.43. The van der Waals surface area contributed by atoms with Crippen molar-refractivity contribution in [2.45, 2.75) is 13.1 Å². The van der Waals surface area contributed by atoms with Gasteiger partial charge in [0.15, 0.2) is 23.0 Å². The van der Waals surface area contributed by atoms with Crippen molar-refractivity contribution in [2.24, 2.45) is 0 Å². The summed E-state index contributed by atoms with van der Waals surface area (Å²) in [7, 11) is 0. The maximum atomic E-state index is 5.36. The number of fused-ring (bicyclic) bond motifs is 2. The first-order valence-corrected chi connectivity index (χ1v) is 7.11. The fraction of sp³-hybridized carbons (Fsp3) is 0.250. The van der Waals surface area contributed by atoms with Gasteiger partial charge in [-0.3, -0.25) is 10.9 Å². The Labute approximate surface area is 127 Å². The molecule has 0 atom stereocenters. The third kappa shape index (κ3) is 2.66. The van der Waals surface area contributed by atoms with Gasteiger partial charge >= 0.3 is 0 Å². The summed E-state index contributed by atoms with van der Waals surface area (Å²) in [5, 5.41) is 0. The van der Waals surface area contributed by atoms with Gasteiger partial charge in [-0.25, -0.2) is 0 Å². The van der Waals surface area contributed by atoms with Crippen molar-refractivity contribution in [2.75, 3.05) is 13.6 Å². The smallest absolute Gasteiger partial charge is 0.231 e. The van der Waals surface area contributed by atoms with Gasteiger partial charge in [-0.2, -0.15) is 0 Å². The van der Waals surface area contributed by atoms with Crippen LogP contribution in [0.15, 0.2) is 36.4 Å². The summed E-state index contributed by atoms with van der Waals surface area (Å²) in [5.41, 5.74) is 8.64. The van der Waals surface area contributed by atoms with Crippen LogP contribution in [-0.2, 0) is 13.1 Å². The molecule has 0 radical (unpaired) electrons. The minimum Gasteiger partial charge on any atom is -0.454 e. The Kier molecular flexibility index (Phi) is 3.46. The maximum absolute atomic E-state index is 5.36. The first-order valence-electron chi connectivity index (χ1n) is 7.11. The number of rotatable bonds is 5. The Morgan fingerprint density at radius 1 is 0.636 bits per heavy atom. The van der Waals surface area contributed by atoms with Gasteiger partial charge in [0.05, 0.1) is 0 Å². The molecule has 2 aromatic carbocycles. The van der Waals surface area contributed by atoms with E-state index in [1.165, 1.54) is 0 Å². The summed E-state index contributed by atoms with van der Waals surface area (Å²) in [6, 6.07) is 11.9. The molecule has 0 aromatic heterocycles. The van der Waals surface area contributed by atoms with Crippen molar-refractivity contribution in [3.8, 4) is 23.0 Å². The Morgan fingerprint density at radius 3 is 1.59 bits per heavy atom. The molecule has 2 aliphatic rings. The zero-order valence-corrected chi connectivity index (χ0v) is 11.9. The lowest BCUT2D eigenvalue weighted by atomic mass is 10.2. The molecule has 4 rings (SSSR count). The van der Waals surface area contributed by atoms with Crippen molar-refractivity contribution in [1.29, 1.82) is 0 Å². The van der Waals surface area contributed by atoms with Crippen LogP contribution < -0.4 is 29.8 Å². The zero-order chi connectivity index (χ0) is 14.8. The van der Waals surface area contributed by atoms with Crippen molar-refractivity contribution < 1.29 is 18.9 Å². The lowest BCUT2D eigenvalue weighted by Crippen LogP contribution is -2.30. The second-order valence-corrected chi connectivity index (χ2v) is 5.08. The zero-order valence-electron chi connectivity index (χ0n) is 11.9. The lowest BCUT2D eigenvalue weighted by molar-refractivity contribution is 0.173. The summed E-state index contributed by atoms with van der Waals surface area (Å²) >= 11 is 0. The van der Waals surface area contributed by atoms with Gasteiger partial charge < -0.3 is 18.9 Å². The van der Waals surface area contributed by atoms with E-state index in [2.05, 4.69) is 10.9 Å². The first kappa shape index (κ1) is 13.2. The number of hydrogen-bond donors (Lipinski definition) is 2. The number of hydrogen-bond acceptors (Lipinski definition) is 6. The van der Waals surface area contributed by atoms with Gasteiger partial charge in [-0.05, 0) is 35.4 Å². The van der Waals surface area contributed by atoms with E-state index in [4.69, 9.17) is 18.9 Å². The van der Waals surface area contributed by atoms with Gasteiger partial charge in [0.25, 0.3) is 0 Å². The number of hydrazine groups is 1. The summed E-state index contributed by atoms with van der Waals surface area (Å²) in [6.45, 7) is 1.99. The highest BCUT2D eigenvalue weighted by Crippen LogP contribution is 2.33. The predicted octanol–water partition coefficient (Wildman–Crippen LogP) is 1.94. The SMILES string of the molecule is c1cc2c(cc1CNNCc1ccc3c(c1)OCO3)OCO2. The molecule has 2 N–H and O–H groups in total. The van der Waals surface area contributed by atoms with Crippen LogP contribution in [0.3, 0.4) is 0 Å². The molecule has 0 fully saturated rings. The van der Waals surface area contributed by atoms with E-state index < -0.39 is 0 Å². The highest BCUT2D eigenvalue weighted by Gasteiger charge is 2.14. The monoisotopic (exact) mass is 300 g/mol. The van der Waals surface area contributed by atoms with Crippen LogP contribution in [0.2, 0.25) is 0 Å². The van der Waals surface area contributed by atoms with Gasteiger partial charge in [0, 0.05) is 13.1 Å². The molecule has 22 heavy (non-hydrogen) atoms. The number of ether oxygens (including phenoxy) is 4. The molecule has 6 heteroatoms. The van der Waals surface area contributed by atoms with Crippen LogP contribution in [0.5, 0.6) is 23.0 Å².